The van der Waals surface area contributed by atoms with E-state index in [2.05, 4.69) is 15.0 Å². The number of halogens is 1. The normalized spacial score (nSPS) is 11.1. The van der Waals surface area contributed by atoms with Crippen LogP contribution in [0.1, 0.15) is 5.56 Å². The fourth-order valence-corrected chi connectivity index (χ4v) is 2.40. The van der Waals surface area contributed by atoms with Gasteiger partial charge in [-0.25, -0.2) is 19.3 Å². The molecule has 0 bridgehead atoms. The second-order valence-electron chi connectivity index (χ2n) is 4.84. The second-order valence-corrected chi connectivity index (χ2v) is 4.84. The molecule has 3 aromatic heterocycles. The molecule has 1 aromatic carbocycles. The summed E-state index contributed by atoms with van der Waals surface area (Å²) in [5, 5.41) is 0. The summed E-state index contributed by atoms with van der Waals surface area (Å²) in [5.74, 6) is 0.383. The summed E-state index contributed by atoms with van der Waals surface area (Å²) in [6.45, 7) is 0.359. The van der Waals surface area contributed by atoms with Crippen molar-refractivity contribution in [2.24, 2.45) is 0 Å². The molecule has 0 radical (unpaired) electrons. The molecule has 0 amide bonds. The van der Waals surface area contributed by atoms with Crippen molar-refractivity contribution in [1.29, 1.82) is 0 Å². The molecule has 6 heteroatoms. The minimum Gasteiger partial charge on any atom is -0.463 e. The Hall–Kier alpha value is -3.02. The van der Waals surface area contributed by atoms with Gasteiger partial charge >= 0.3 is 0 Å². The zero-order chi connectivity index (χ0) is 14.9. The average molecular weight is 294 g/mol. The van der Waals surface area contributed by atoms with Crippen molar-refractivity contribution in [3.8, 4) is 11.5 Å². The molecular formula is C16H11FN4O. The Kier molecular flexibility index (Phi) is 2.93. The summed E-state index contributed by atoms with van der Waals surface area (Å²) in [5.41, 5.74) is 2.49. The third kappa shape index (κ3) is 2.05. The summed E-state index contributed by atoms with van der Waals surface area (Å²) < 4.78 is 21.0. The molecule has 4 aromatic rings. The van der Waals surface area contributed by atoms with Gasteiger partial charge in [0, 0.05) is 5.56 Å². The predicted octanol–water partition coefficient (Wildman–Crippen LogP) is 3.27. The quantitative estimate of drug-likeness (QED) is 0.582. The first-order valence-electron chi connectivity index (χ1n) is 6.76. The standard InChI is InChI=1S/C16H11FN4O/c17-12-5-2-1-4-11(12)8-21-10-20-15-14(13-6-3-7-22-13)18-9-19-16(15)21/h1-7,9-10H,8H2. The van der Waals surface area contributed by atoms with Crippen LogP contribution in [0.25, 0.3) is 22.6 Å². The van der Waals surface area contributed by atoms with E-state index >= 15 is 0 Å². The van der Waals surface area contributed by atoms with Crippen LogP contribution in [-0.2, 0) is 6.54 Å². The molecule has 5 nitrogen and oxygen atoms in total. The summed E-state index contributed by atoms with van der Waals surface area (Å²) in [6, 6.07) is 10.3. The number of hydrogen-bond acceptors (Lipinski definition) is 4. The van der Waals surface area contributed by atoms with Gasteiger partial charge < -0.3 is 8.98 Å². The smallest absolute Gasteiger partial charge is 0.164 e. The minimum atomic E-state index is -0.246. The van der Waals surface area contributed by atoms with Crippen molar-refractivity contribution in [2.45, 2.75) is 6.54 Å². The lowest BCUT2D eigenvalue weighted by Crippen LogP contribution is -2.01. The molecule has 0 fully saturated rings. The van der Waals surface area contributed by atoms with E-state index in [4.69, 9.17) is 4.42 Å². The molecule has 0 saturated carbocycles. The van der Waals surface area contributed by atoms with Crippen LogP contribution in [0.2, 0.25) is 0 Å². The number of rotatable bonds is 3. The maximum absolute atomic E-state index is 13.8. The van der Waals surface area contributed by atoms with E-state index in [1.165, 1.54) is 12.4 Å². The van der Waals surface area contributed by atoms with Crippen LogP contribution in [0.4, 0.5) is 4.39 Å². The van der Waals surface area contributed by atoms with E-state index in [0.717, 1.165) is 0 Å². The number of benzene rings is 1. The lowest BCUT2D eigenvalue weighted by molar-refractivity contribution is 0.580. The van der Waals surface area contributed by atoms with Gasteiger partial charge in [-0.3, -0.25) is 0 Å². The molecule has 22 heavy (non-hydrogen) atoms. The van der Waals surface area contributed by atoms with Crippen molar-refractivity contribution in [3.63, 3.8) is 0 Å². The number of aromatic nitrogens is 4. The molecule has 0 aliphatic heterocycles. The highest BCUT2D eigenvalue weighted by molar-refractivity contribution is 5.85. The SMILES string of the molecule is Fc1ccccc1Cn1cnc2c(-c3ccco3)ncnc21. The highest BCUT2D eigenvalue weighted by Crippen LogP contribution is 2.24. The lowest BCUT2D eigenvalue weighted by Gasteiger charge is -2.05. The Bertz CT molecular complexity index is 930. The van der Waals surface area contributed by atoms with Crippen LogP contribution in [-0.4, -0.2) is 19.5 Å². The number of imidazole rings is 1. The summed E-state index contributed by atoms with van der Waals surface area (Å²) in [6.07, 6.45) is 4.68. The van der Waals surface area contributed by atoms with Crippen LogP contribution in [0.5, 0.6) is 0 Å². The fourth-order valence-electron chi connectivity index (χ4n) is 2.40. The molecule has 0 unspecified atom stereocenters. The van der Waals surface area contributed by atoms with Crippen molar-refractivity contribution in [1.82, 2.24) is 19.5 Å². The monoisotopic (exact) mass is 294 g/mol. The third-order valence-corrected chi connectivity index (χ3v) is 3.45. The fraction of sp³-hybridized carbons (Fsp3) is 0.0625. The maximum Gasteiger partial charge on any atom is 0.164 e. The van der Waals surface area contributed by atoms with E-state index in [0.29, 0.717) is 34.7 Å². The number of fused-ring (bicyclic) bond motifs is 1. The van der Waals surface area contributed by atoms with E-state index in [1.54, 1.807) is 41.4 Å². The molecule has 108 valence electrons. The molecule has 3 heterocycles. The number of furan rings is 1. The molecular weight excluding hydrogens is 283 g/mol. The van der Waals surface area contributed by atoms with E-state index in [1.807, 2.05) is 6.07 Å². The minimum absolute atomic E-state index is 0.246. The largest absolute Gasteiger partial charge is 0.463 e. The zero-order valence-electron chi connectivity index (χ0n) is 11.5. The average Bonchev–Trinajstić information content (AvgIpc) is 3.19. The molecule has 4 rings (SSSR count). The van der Waals surface area contributed by atoms with E-state index < -0.39 is 0 Å². The zero-order valence-corrected chi connectivity index (χ0v) is 11.5. The number of nitrogens with zero attached hydrogens (tertiary/aromatic N) is 4. The van der Waals surface area contributed by atoms with E-state index in [-0.39, 0.29) is 5.82 Å². The molecule has 0 aliphatic carbocycles. The predicted molar refractivity (Wildman–Crippen MR) is 78.5 cm³/mol. The molecule has 0 atom stereocenters. The van der Waals surface area contributed by atoms with Gasteiger partial charge in [0.05, 0.1) is 19.1 Å². The Morgan fingerprint density at radius 3 is 2.77 bits per heavy atom. The summed E-state index contributed by atoms with van der Waals surface area (Å²) in [4.78, 5) is 12.9. The van der Waals surface area contributed by atoms with Gasteiger partial charge in [0.1, 0.15) is 23.4 Å². The van der Waals surface area contributed by atoms with Gasteiger partial charge in [-0.1, -0.05) is 18.2 Å². The Morgan fingerprint density at radius 1 is 1.05 bits per heavy atom. The van der Waals surface area contributed by atoms with Crippen LogP contribution >= 0.6 is 0 Å². The van der Waals surface area contributed by atoms with Gasteiger partial charge in [0.15, 0.2) is 11.4 Å². The van der Waals surface area contributed by atoms with Gasteiger partial charge in [-0.15, -0.1) is 0 Å². The highest BCUT2D eigenvalue weighted by atomic mass is 19.1. The van der Waals surface area contributed by atoms with Gasteiger partial charge in [-0.05, 0) is 18.2 Å². The van der Waals surface area contributed by atoms with Gasteiger partial charge in [0.2, 0.25) is 0 Å². The van der Waals surface area contributed by atoms with Crippen molar-refractivity contribution >= 4 is 11.2 Å². The molecule has 0 N–H and O–H groups in total. The van der Waals surface area contributed by atoms with Gasteiger partial charge in [-0.2, -0.15) is 0 Å². The summed E-state index contributed by atoms with van der Waals surface area (Å²) in [7, 11) is 0. The highest BCUT2D eigenvalue weighted by Gasteiger charge is 2.14. The topological polar surface area (TPSA) is 56.7 Å². The van der Waals surface area contributed by atoms with E-state index in [9.17, 15) is 4.39 Å². The van der Waals surface area contributed by atoms with Crippen molar-refractivity contribution < 1.29 is 8.81 Å². The van der Waals surface area contributed by atoms with Crippen LogP contribution in [0.15, 0.2) is 59.7 Å². The van der Waals surface area contributed by atoms with Crippen LogP contribution in [0, 0.1) is 5.82 Å². The Labute approximate surface area is 125 Å². The third-order valence-electron chi connectivity index (χ3n) is 3.45. The lowest BCUT2D eigenvalue weighted by atomic mass is 10.2. The molecule has 0 saturated heterocycles. The van der Waals surface area contributed by atoms with Crippen LogP contribution < -0.4 is 0 Å². The maximum atomic E-state index is 13.8. The first-order valence-corrected chi connectivity index (χ1v) is 6.76. The van der Waals surface area contributed by atoms with Crippen molar-refractivity contribution in [3.05, 3.63) is 66.7 Å². The van der Waals surface area contributed by atoms with Crippen molar-refractivity contribution in [2.75, 3.05) is 0 Å². The first kappa shape index (κ1) is 12.7. The molecule has 0 aliphatic rings. The van der Waals surface area contributed by atoms with Crippen LogP contribution in [0.3, 0.4) is 0 Å². The molecule has 0 spiro atoms. The number of hydrogen-bond donors (Lipinski definition) is 0. The Balaban J connectivity index is 1.81. The van der Waals surface area contributed by atoms with Gasteiger partial charge in [0.25, 0.3) is 0 Å². The first-order chi connectivity index (χ1) is 10.8. The summed E-state index contributed by atoms with van der Waals surface area (Å²) >= 11 is 0. The Morgan fingerprint density at radius 2 is 1.95 bits per heavy atom. The second kappa shape index (κ2) is 5.07.